The SMILES string of the molecule is COc1cc2c(c(OC)c1O)CC#C[C@@H]1SSCC[C@H](C)CC[C@H]3Cc4c(c(OC)cc5c4[C@@H]1[C@@H](O)[C@H]2O5)-c1ccc(O)cc13. The Morgan fingerprint density at radius 2 is 1.76 bits per heavy atom. The Morgan fingerprint density at radius 1 is 0.933 bits per heavy atom. The first-order chi connectivity index (χ1) is 21.8. The third kappa shape index (κ3) is 5.06. The van der Waals surface area contributed by atoms with Gasteiger partial charge in [0.1, 0.15) is 23.4 Å². The lowest BCUT2D eigenvalue weighted by atomic mass is 9.70. The summed E-state index contributed by atoms with van der Waals surface area (Å²) in [6, 6.07) is 9.35. The van der Waals surface area contributed by atoms with Gasteiger partial charge in [-0.3, -0.25) is 0 Å². The number of aromatic hydroxyl groups is 2. The van der Waals surface area contributed by atoms with Crippen molar-refractivity contribution in [1.82, 2.24) is 0 Å². The summed E-state index contributed by atoms with van der Waals surface area (Å²) in [5, 5.41) is 33.7. The highest BCUT2D eigenvalue weighted by molar-refractivity contribution is 8.77. The maximum Gasteiger partial charge on any atom is 0.201 e. The van der Waals surface area contributed by atoms with Gasteiger partial charge in [-0.1, -0.05) is 52.8 Å². The van der Waals surface area contributed by atoms with E-state index in [-0.39, 0.29) is 40.1 Å². The van der Waals surface area contributed by atoms with Crippen LogP contribution in [0, 0.1) is 17.8 Å². The third-order valence-electron chi connectivity index (χ3n) is 9.88. The molecule has 3 N–H and O–H groups in total. The molecule has 2 heterocycles. The number of aliphatic hydroxyl groups is 1. The van der Waals surface area contributed by atoms with Gasteiger partial charge in [0.15, 0.2) is 17.6 Å². The average Bonchev–Trinajstić information content (AvgIpc) is 3.07. The summed E-state index contributed by atoms with van der Waals surface area (Å²) in [5.74, 6) is 10.4. The summed E-state index contributed by atoms with van der Waals surface area (Å²) in [6.07, 6.45) is 2.55. The molecular formula is C36H38O7S2. The van der Waals surface area contributed by atoms with E-state index >= 15 is 0 Å². The Morgan fingerprint density at radius 3 is 2.53 bits per heavy atom. The van der Waals surface area contributed by atoms with Crippen molar-refractivity contribution in [2.24, 2.45) is 5.92 Å². The van der Waals surface area contributed by atoms with Gasteiger partial charge in [0.05, 0.1) is 26.6 Å². The topological polar surface area (TPSA) is 97.6 Å². The highest BCUT2D eigenvalue weighted by atomic mass is 33.1. The number of aliphatic hydroxyl groups excluding tert-OH is 1. The second-order valence-corrected chi connectivity index (χ2v) is 15.0. The standard InChI is InChI=1S/C36H38O7S2/c1-18-8-9-19-14-25-30(21-11-10-20(37)15-23(19)21)26(40-2)17-27-31(25)32-29(45-44-13-12-18)7-5-6-22-24(36(43-27)34(32)39)16-28(41-3)33(38)35(22)42-4/h10-11,15-19,29,32,34,36-39H,6,8-9,12-14H2,1-4H3/t18-,19+,29+,32-,34-,36+/m1/s1. The molecule has 0 unspecified atom stereocenters. The highest BCUT2D eigenvalue weighted by Crippen LogP contribution is 2.58. The number of hydrogen-bond acceptors (Lipinski definition) is 9. The summed E-state index contributed by atoms with van der Waals surface area (Å²) < 4.78 is 24.1. The van der Waals surface area contributed by atoms with Crippen LogP contribution in [0.5, 0.6) is 34.5 Å². The minimum atomic E-state index is -0.943. The highest BCUT2D eigenvalue weighted by Gasteiger charge is 2.47. The molecule has 0 saturated carbocycles. The smallest absolute Gasteiger partial charge is 0.201 e. The molecule has 4 aliphatic rings. The van der Waals surface area contributed by atoms with E-state index in [0.29, 0.717) is 35.0 Å². The Bertz CT molecular complexity index is 1710. The van der Waals surface area contributed by atoms with Crippen molar-refractivity contribution in [3.63, 3.8) is 0 Å². The first-order valence-corrected chi connectivity index (χ1v) is 17.9. The van der Waals surface area contributed by atoms with Crippen LogP contribution >= 0.6 is 21.6 Å². The van der Waals surface area contributed by atoms with Gasteiger partial charge < -0.3 is 34.3 Å². The van der Waals surface area contributed by atoms with Gasteiger partial charge in [-0.05, 0) is 66.0 Å². The van der Waals surface area contributed by atoms with Crippen molar-refractivity contribution >= 4 is 21.6 Å². The molecule has 0 saturated heterocycles. The van der Waals surface area contributed by atoms with Gasteiger partial charge in [0.25, 0.3) is 0 Å². The third-order valence-corrected chi connectivity index (χ3v) is 12.6. The molecule has 0 aromatic heterocycles. The summed E-state index contributed by atoms with van der Waals surface area (Å²) in [7, 11) is 8.24. The zero-order chi connectivity index (χ0) is 31.4. The first kappa shape index (κ1) is 30.3. The summed E-state index contributed by atoms with van der Waals surface area (Å²) >= 11 is 0. The molecule has 236 valence electrons. The number of rotatable bonds is 3. The maximum absolute atomic E-state index is 12.4. The van der Waals surface area contributed by atoms with Crippen LogP contribution in [0.15, 0.2) is 30.3 Å². The molecule has 7 nitrogen and oxygen atoms in total. The lowest BCUT2D eigenvalue weighted by Gasteiger charge is -2.42. The fourth-order valence-corrected chi connectivity index (χ4v) is 10.4. The number of fused-ring (bicyclic) bond motifs is 7. The zero-order valence-corrected chi connectivity index (χ0v) is 27.5. The Balaban J connectivity index is 1.51. The van der Waals surface area contributed by atoms with Crippen molar-refractivity contribution in [3.8, 4) is 57.5 Å². The normalized spacial score (nSPS) is 26.4. The van der Waals surface area contributed by atoms with Crippen LogP contribution in [-0.2, 0) is 12.8 Å². The first-order valence-electron chi connectivity index (χ1n) is 15.5. The predicted octanol–water partition coefficient (Wildman–Crippen LogP) is 7.14. The molecule has 0 fully saturated rings. The van der Waals surface area contributed by atoms with Crippen molar-refractivity contribution in [1.29, 1.82) is 0 Å². The second kappa shape index (κ2) is 12.1. The Kier molecular flexibility index (Phi) is 8.18. The number of phenols is 2. The molecule has 3 aromatic rings. The number of methoxy groups -OCH3 is 3. The Labute approximate surface area is 272 Å². The largest absolute Gasteiger partial charge is 0.508 e. The van der Waals surface area contributed by atoms with E-state index in [0.717, 1.165) is 59.3 Å². The molecule has 3 aromatic carbocycles. The van der Waals surface area contributed by atoms with Crippen LogP contribution in [0.1, 0.15) is 71.9 Å². The summed E-state index contributed by atoms with van der Waals surface area (Å²) in [6.45, 7) is 2.32. The minimum absolute atomic E-state index is 0.0985. The average molecular weight is 647 g/mol. The molecule has 0 spiro atoms. The monoisotopic (exact) mass is 646 g/mol. The summed E-state index contributed by atoms with van der Waals surface area (Å²) in [4.78, 5) is 0. The Hall–Kier alpha value is -3.32. The van der Waals surface area contributed by atoms with E-state index in [1.54, 1.807) is 30.0 Å². The number of hydrogen-bond donors (Lipinski definition) is 3. The van der Waals surface area contributed by atoms with E-state index in [2.05, 4.69) is 18.8 Å². The van der Waals surface area contributed by atoms with Crippen LogP contribution in [-0.4, -0.2) is 53.8 Å². The molecule has 4 bridgehead atoms. The fraction of sp³-hybridized carbons (Fsp3) is 0.444. The van der Waals surface area contributed by atoms with E-state index in [4.69, 9.17) is 18.9 Å². The van der Waals surface area contributed by atoms with Gasteiger partial charge in [0, 0.05) is 46.4 Å². The number of ether oxygens (including phenoxy) is 4. The predicted molar refractivity (Wildman–Crippen MR) is 178 cm³/mol. The summed E-state index contributed by atoms with van der Waals surface area (Å²) in [5.41, 5.74) is 6.66. The van der Waals surface area contributed by atoms with Gasteiger partial charge in [-0.2, -0.15) is 0 Å². The molecule has 9 heteroatoms. The van der Waals surface area contributed by atoms with E-state index < -0.39 is 12.2 Å². The molecule has 0 amide bonds. The molecule has 2 aliphatic heterocycles. The zero-order valence-electron chi connectivity index (χ0n) is 25.9. The molecule has 0 radical (unpaired) electrons. The van der Waals surface area contributed by atoms with E-state index in [9.17, 15) is 15.3 Å². The van der Waals surface area contributed by atoms with Gasteiger partial charge in [-0.15, -0.1) is 0 Å². The second-order valence-electron chi connectivity index (χ2n) is 12.4. The van der Waals surface area contributed by atoms with Crippen LogP contribution in [0.4, 0.5) is 0 Å². The van der Waals surface area contributed by atoms with Crippen LogP contribution in [0.3, 0.4) is 0 Å². The lowest BCUT2D eigenvalue weighted by molar-refractivity contribution is 0.000945. The quantitative estimate of drug-likeness (QED) is 0.203. The van der Waals surface area contributed by atoms with Crippen LogP contribution < -0.4 is 18.9 Å². The van der Waals surface area contributed by atoms with Gasteiger partial charge in [-0.25, -0.2) is 0 Å². The minimum Gasteiger partial charge on any atom is -0.508 e. The van der Waals surface area contributed by atoms with E-state index in [1.807, 2.05) is 29.0 Å². The van der Waals surface area contributed by atoms with E-state index in [1.165, 1.54) is 14.2 Å². The fourth-order valence-electron chi connectivity index (χ4n) is 7.61. The molecule has 7 rings (SSSR count). The molecular weight excluding hydrogens is 609 g/mol. The molecule has 2 aliphatic carbocycles. The van der Waals surface area contributed by atoms with Gasteiger partial charge in [0.2, 0.25) is 5.75 Å². The van der Waals surface area contributed by atoms with Gasteiger partial charge >= 0.3 is 0 Å². The van der Waals surface area contributed by atoms with Crippen LogP contribution in [0.25, 0.3) is 11.1 Å². The molecule has 6 atom stereocenters. The van der Waals surface area contributed by atoms with Crippen molar-refractivity contribution in [2.75, 3.05) is 27.1 Å². The van der Waals surface area contributed by atoms with Crippen LogP contribution in [0.2, 0.25) is 0 Å². The van der Waals surface area contributed by atoms with Crippen molar-refractivity contribution in [3.05, 3.63) is 58.1 Å². The molecule has 45 heavy (non-hydrogen) atoms. The number of phenolic OH excluding ortho intramolecular Hbond substituents is 2. The maximum atomic E-state index is 12.4. The van der Waals surface area contributed by atoms with Crippen molar-refractivity contribution in [2.45, 2.75) is 68.3 Å². The lowest BCUT2D eigenvalue weighted by Crippen LogP contribution is -2.40. The van der Waals surface area contributed by atoms with Crippen molar-refractivity contribution < 1.29 is 34.3 Å². The number of benzene rings is 3.